The molecule has 0 spiro atoms. The van der Waals surface area contributed by atoms with Crippen LogP contribution in [0.2, 0.25) is 0 Å². The second kappa shape index (κ2) is 8.78. The Bertz CT molecular complexity index is 253. The van der Waals surface area contributed by atoms with Gasteiger partial charge in [0.25, 0.3) is 0 Å². The van der Waals surface area contributed by atoms with Gasteiger partial charge in [-0.15, -0.1) is 0 Å². The third-order valence-corrected chi connectivity index (χ3v) is 3.17. The van der Waals surface area contributed by atoms with Crippen molar-refractivity contribution < 1.29 is 22.5 Å². The van der Waals surface area contributed by atoms with Gasteiger partial charge in [0.15, 0.2) is 0 Å². The van der Waals surface area contributed by atoms with Gasteiger partial charge in [0.05, 0.1) is 0 Å². The van der Waals surface area contributed by atoms with Crippen molar-refractivity contribution in [3.8, 4) is 0 Å². The van der Waals surface area contributed by atoms with Crippen LogP contribution in [0.3, 0.4) is 0 Å². The van der Waals surface area contributed by atoms with Crippen LogP contribution >= 0.6 is 0 Å². The van der Waals surface area contributed by atoms with E-state index in [0.717, 1.165) is 13.1 Å². The molecule has 0 N–H and O–H groups in total. The summed E-state index contributed by atoms with van der Waals surface area (Å²) in [6, 6.07) is 10.0. The molecule has 1 aromatic rings. The van der Waals surface area contributed by atoms with Gasteiger partial charge in [-0.2, -0.15) is 18.2 Å². The summed E-state index contributed by atoms with van der Waals surface area (Å²) in [5.41, 5.74) is 0. The zero-order chi connectivity index (χ0) is 11.7. The Hall–Kier alpha value is -0.497. The van der Waals surface area contributed by atoms with Gasteiger partial charge in [-0.1, -0.05) is 0 Å². The summed E-state index contributed by atoms with van der Waals surface area (Å²) in [5.74, 6) is 0. The van der Waals surface area contributed by atoms with Gasteiger partial charge >= 0.3 is 70.5 Å². The average molecular weight is 294 g/mol. The van der Waals surface area contributed by atoms with Crippen LogP contribution in [0.15, 0.2) is 30.3 Å². The molecule has 1 saturated heterocycles. The van der Waals surface area contributed by atoms with Crippen molar-refractivity contribution in [3.05, 3.63) is 37.0 Å². The molecule has 15 heavy (non-hydrogen) atoms. The first-order chi connectivity index (χ1) is 7.22. The van der Waals surface area contributed by atoms with Gasteiger partial charge < -0.3 is 0 Å². The van der Waals surface area contributed by atoms with Crippen molar-refractivity contribution in [2.45, 2.75) is 0 Å². The number of likely N-dealkylation sites (N-methyl/N-ethyl adjacent to an activating group) is 2. The normalized spacial score (nSPS) is 16.2. The van der Waals surface area contributed by atoms with Crippen molar-refractivity contribution in [1.82, 2.24) is 9.80 Å². The van der Waals surface area contributed by atoms with Gasteiger partial charge in [0.2, 0.25) is 0 Å². The Balaban J connectivity index is 0.000000241. The van der Waals surface area contributed by atoms with E-state index in [0.29, 0.717) is 0 Å². The summed E-state index contributed by atoms with van der Waals surface area (Å²) in [6.45, 7) is 6.81. The fourth-order valence-electron chi connectivity index (χ4n) is 1.09. The SMILES string of the molecule is CN1CCN(C)[C]1=[Rh].[C-]#[O+].c1cc[cH-]c1. The van der Waals surface area contributed by atoms with E-state index in [1.54, 1.807) is 0 Å². The Morgan fingerprint density at radius 2 is 1.60 bits per heavy atom. The molecular formula is C11H15N2ORh-. The molecule has 1 heterocycles. The Labute approximate surface area is 101 Å². The van der Waals surface area contributed by atoms with Crippen LogP contribution in [-0.2, 0) is 22.5 Å². The van der Waals surface area contributed by atoms with Gasteiger partial charge in [0, 0.05) is 0 Å². The largest absolute Gasteiger partial charge is 0.214 e. The summed E-state index contributed by atoms with van der Waals surface area (Å²) < 4.78 is 8.77. The van der Waals surface area contributed by atoms with Crippen LogP contribution in [0.1, 0.15) is 0 Å². The molecule has 0 aliphatic carbocycles. The van der Waals surface area contributed by atoms with Crippen LogP contribution in [0, 0.1) is 6.65 Å². The molecule has 1 aliphatic rings. The maximum absolute atomic E-state index is 7.50. The average Bonchev–Trinajstić information content (AvgIpc) is 2.92. The molecule has 85 valence electrons. The van der Waals surface area contributed by atoms with E-state index in [9.17, 15) is 0 Å². The minimum atomic E-state index is 1.16. The molecule has 0 atom stereocenters. The van der Waals surface area contributed by atoms with E-state index in [4.69, 9.17) is 4.65 Å². The molecule has 0 bridgehead atoms. The van der Waals surface area contributed by atoms with Crippen molar-refractivity contribution >= 4 is 4.35 Å². The topological polar surface area (TPSA) is 26.4 Å². The quantitative estimate of drug-likeness (QED) is 0.403. The van der Waals surface area contributed by atoms with Crippen molar-refractivity contribution in [2.24, 2.45) is 0 Å². The molecule has 3 nitrogen and oxygen atoms in total. The molecule has 4 heteroatoms. The summed E-state index contributed by atoms with van der Waals surface area (Å²) in [4.78, 5) is 4.43. The summed E-state index contributed by atoms with van der Waals surface area (Å²) in [5, 5.41) is 0. The van der Waals surface area contributed by atoms with E-state index in [1.165, 1.54) is 4.35 Å². The molecule has 0 radical (unpaired) electrons. The van der Waals surface area contributed by atoms with Crippen molar-refractivity contribution in [1.29, 1.82) is 0 Å². The van der Waals surface area contributed by atoms with Crippen LogP contribution in [0.4, 0.5) is 0 Å². The molecule has 0 saturated carbocycles. The fraction of sp³-hybridized carbons (Fsp3) is 0.364. The molecule has 0 amide bonds. The molecule has 2 rings (SSSR count). The first-order valence-electron chi connectivity index (χ1n) is 4.51. The standard InChI is InChI=1S/C5H10N2.C5H5.CO.Rh/c1-6-3-4-7(2)5-6;1-2-4-5-3-1;1-2;/h3-4H2,1-2H3;1-5H;;/q;-1;;. The first kappa shape index (κ1) is 14.5. The molecule has 0 unspecified atom stereocenters. The van der Waals surface area contributed by atoms with Crippen LogP contribution in [0.5, 0.6) is 0 Å². The van der Waals surface area contributed by atoms with Crippen molar-refractivity contribution in [3.63, 3.8) is 0 Å². The number of hydrogen-bond acceptors (Lipinski definition) is 2. The van der Waals surface area contributed by atoms with Gasteiger partial charge in [-0.25, -0.2) is 12.1 Å². The smallest absolute Gasteiger partial charge is 0.172 e. The van der Waals surface area contributed by atoms with E-state index in [-0.39, 0.29) is 0 Å². The Kier molecular flexibility index (Phi) is 8.49. The van der Waals surface area contributed by atoms with E-state index < -0.39 is 0 Å². The predicted octanol–water partition coefficient (Wildman–Crippen LogP) is 0.866. The molecule has 1 aromatic carbocycles. The number of nitrogens with zero attached hydrogens (tertiary/aromatic N) is 2. The van der Waals surface area contributed by atoms with Gasteiger partial charge in [0.1, 0.15) is 0 Å². The maximum Gasteiger partial charge on any atom is -0.172 e. The second-order valence-corrected chi connectivity index (χ2v) is 3.79. The molecule has 1 aliphatic heterocycles. The van der Waals surface area contributed by atoms with Crippen LogP contribution < -0.4 is 0 Å². The maximum atomic E-state index is 7.50. The minimum absolute atomic E-state index is 1.16. The summed E-state index contributed by atoms with van der Waals surface area (Å²) >= 11 is 2.90. The first-order valence-corrected chi connectivity index (χ1v) is 5.33. The molecule has 1 fully saturated rings. The molecular weight excluding hydrogens is 279 g/mol. The van der Waals surface area contributed by atoms with Crippen LogP contribution in [0.25, 0.3) is 0 Å². The zero-order valence-electron chi connectivity index (χ0n) is 8.94. The number of rotatable bonds is 0. The second-order valence-electron chi connectivity index (χ2n) is 3.05. The van der Waals surface area contributed by atoms with Crippen LogP contribution in [-0.4, -0.2) is 41.3 Å². The Morgan fingerprint density at radius 3 is 1.73 bits per heavy atom. The van der Waals surface area contributed by atoms with Crippen molar-refractivity contribution in [2.75, 3.05) is 27.2 Å². The third-order valence-electron chi connectivity index (χ3n) is 1.92. The molecule has 0 aromatic heterocycles. The third kappa shape index (κ3) is 5.83. The number of hydrogen-bond donors (Lipinski definition) is 0. The predicted molar refractivity (Wildman–Crippen MR) is 56.2 cm³/mol. The minimum Gasteiger partial charge on any atom is -0.214 e. The monoisotopic (exact) mass is 294 g/mol. The summed E-state index contributed by atoms with van der Waals surface area (Å²) in [6.07, 6.45) is 0. The summed E-state index contributed by atoms with van der Waals surface area (Å²) in [7, 11) is 4.19. The van der Waals surface area contributed by atoms with Gasteiger partial charge in [-0.05, 0) is 0 Å². The van der Waals surface area contributed by atoms with Gasteiger partial charge in [-0.3, -0.25) is 0 Å². The van der Waals surface area contributed by atoms with E-state index in [2.05, 4.69) is 48.4 Å². The fourth-order valence-corrected chi connectivity index (χ4v) is 1.45. The van der Waals surface area contributed by atoms with E-state index >= 15 is 0 Å². The Morgan fingerprint density at radius 1 is 1.20 bits per heavy atom. The van der Waals surface area contributed by atoms with E-state index in [1.807, 2.05) is 30.3 Å². The zero-order valence-corrected chi connectivity index (χ0v) is 10.6.